The molecular formula is C16H12BrIN2O. The summed E-state index contributed by atoms with van der Waals surface area (Å²) >= 11 is 5.77. The van der Waals surface area contributed by atoms with Gasteiger partial charge in [0.2, 0.25) is 5.88 Å². The van der Waals surface area contributed by atoms with Gasteiger partial charge in [0, 0.05) is 13.6 Å². The summed E-state index contributed by atoms with van der Waals surface area (Å²) < 4.78 is 7.42. The van der Waals surface area contributed by atoms with E-state index in [1.807, 2.05) is 36.4 Å². The highest BCUT2D eigenvalue weighted by atomic mass is 127. The fourth-order valence-electron chi connectivity index (χ4n) is 2.21. The molecule has 0 aliphatic rings. The van der Waals surface area contributed by atoms with Crippen LogP contribution in [0.15, 0.2) is 51.5 Å². The summed E-state index contributed by atoms with van der Waals surface area (Å²) in [5.41, 5.74) is 10.8. The molecule has 21 heavy (non-hydrogen) atoms. The maximum Gasteiger partial charge on any atom is 0.230 e. The van der Waals surface area contributed by atoms with Crippen LogP contribution in [0.5, 0.6) is 0 Å². The van der Waals surface area contributed by atoms with Crippen LogP contribution < -0.4 is 5.73 Å². The lowest BCUT2D eigenvalue weighted by molar-refractivity contribution is 0.439. The molecule has 1 aromatic heterocycles. The number of aromatic nitrogens is 1. The van der Waals surface area contributed by atoms with E-state index in [1.54, 1.807) is 0 Å². The predicted octanol–water partition coefficient (Wildman–Crippen LogP) is 5.27. The Morgan fingerprint density at radius 1 is 1.14 bits per heavy atom. The normalized spacial score (nSPS) is 10.8. The average molecular weight is 455 g/mol. The van der Waals surface area contributed by atoms with Gasteiger partial charge in [-0.1, -0.05) is 51.4 Å². The van der Waals surface area contributed by atoms with E-state index in [0.29, 0.717) is 5.88 Å². The van der Waals surface area contributed by atoms with Crippen LogP contribution in [0.3, 0.4) is 0 Å². The standard InChI is InChI=1S/C16H12BrIN2O/c1-9-3-2-4-12(14(9)18)15-13(16(19)21-20-15)10-5-7-11(17)8-6-10/h2-8H,19H2,1H3. The Hall–Kier alpha value is -1.34. The molecule has 0 saturated carbocycles. The third-order valence-corrected chi connectivity index (χ3v) is 5.26. The number of halogens is 2. The highest BCUT2D eigenvalue weighted by molar-refractivity contribution is 14.1. The number of rotatable bonds is 2. The van der Waals surface area contributed by atoms with E-state index < -0.39 is 0 Å². The molecule has 0 aliphatic carbocycles. The van der Waals surface area contributed by atoms with Crippen LogP contribution in [-0.4, -0.2) is 5.16 Å². The Morgan fingerprint density at radius 2 is 1.86 bits per heavy atom. The van der Waals surface area contributed by atoms with Crippen LogP contribution in [0.2, 0.25) is 0 Å². The van der Waals surface area contributed by atoms with Gasteiger partial charge >= 0.3 is 0 Å². The van der Waals surface area contributed by atoms with Crippen molar-refractivity contribution in [1.82, 2.24) is 5.16 Å². The second kappa shape index (κ2) is 5.81. The molecular weight excluding hydrogens is 443 g/mol. The minimum Gasteiger partial charge on any atom is -0.367 e. The van der Waals surface area contributed by atoms with E-state index in [2.05, 4.69) is 56.7 Å². The van der Waals surface area contributed by atoms with Crippen molar-refractivity contribution in [1.29, 1.82) is 0 Å². The number of benzene rings is 2. The van der Waals surface area contributed by atoms with E-state index in [9.17, 15) is 0 Å². The maximum atomic E-state index is 5.99. The molecule has 5 heteroatoms. The Balaban J connectivity index is 2.22. The Kier molecular flexibility index (Phi) is 4.03. The molecule has 0 amide bonds. The topological polar surface area (TPSA) is 52.0 Å². The molecule has 0 fully saturated rings. The molecule has 3 aromatic rings. The first-order valence-corrected chi connectivity index (χ1v) is 8.21. The van der Waals surface area contributed by atoms with Crippen molar-refractivity contribution in [2.24, 2.45) is 0 Å². The molecule has 0 saturated heterocycles. The maximum absolute atomic E-state index is 5.99. The van der Waals surface area contributed by atoms with Crippen LogP contribution in [0, 0.1) is 10.5 Å². The molecule has 0 aliphatic heterocycles. The number of nitrogen functional groups attached to an aromatic ring is 1. The van der Waals surface area contributed by atoms with E-state index in [-0.39, 0.29) is 0 Å². The summed E-state index contributed by atoms with van der Waals surface area (Å²) in [6.07, 6.45) is 0. The first-order valence-electron chi connectivity index (χ1n) is 6.34. The third-order valence-electron chi connectivity index (χ3n) is 3.30. The summed E-state index contributed by atoms with van der Waals surface area (Å²) in [6.45, 7) is 2.08. The molecule has 2 aromatic carbocycles. The van der Waals surface area contributed by atoms with Crippen LogP contribution in [0.1, 0.15) is 5.56 Å². The predicted molar refractivity (Wildman–Crippen MR) is 96.9 cm³/mol. The van der Waals surface area contributed by atoms with Crippen molar-refractivity contribution in [3.05, 3.63) is 56.1 Å². The zero-order valence-electron chi connectivity index (χ0n) is 11.2. The molecule has 0 spiro atoms. The zero-order valence-corrected chi connectivity index (χ0v) is 15.0. The van der Waals surface area contributed by atoms with Crippen molar-refractivity contribution >= 4 is 44.4 Å². The van der Waals surface area contributed by atoms with Crippen LogP contribution >= 0.6 is 38.5 Å². The summed E-state index contributed by atoms with van der Waals surface area (Å²) in [7, 11) is 0. The summed E-state index contributed by atoms with van der Waals surface area (Å²) in [5.74, 6) is 0.338. The fraction of sp³-hybridized carbons (Fsp3) is 0.0625. The van der Waals surface area contributed by atoms with Gasteiger partial charge in [0.05, 0.1) is 5.56 Å². The smallest absolute Gasteiger partial charge is 0.230 e. The molecule has 3 rings (SSSR count). The number of nitrogens with two attached hydrogens (primary N) is 1. The van der Waals surface area contributed by atoms with Gasteiger partial charge in [-0.2, -0.15) is 0 Å². The Morgan fingerprint density at radius 3 is 2.57 bits per heavy atom. The van der Waals surface area contributed by atoms with Gasteiger partial charge in [-0.3, -0.25) is 0 Å². The number of anilines is 1. The third kappa shape index (κ3) is 2.72. The van der Waals surface area contributed by atoms with Crippen LogP contribution in [0.25, 0.3) is 22.4 Å². The molecule has 3 nitrogen and oxygen atoms in total. The van der Waals surface area contributed by atoms with Crippen LogP contribution in [-0.2, 0) is 0 Å². The van der Waals surface area contributed by atoms with Crippen LogP contribution in [0.4, 0.5) is 5.88 Å². The quantitative estimate of drug-likeness (QED) is 0.537. The number of nitrogens with zero attached hydrogens (tertiary/aromatic N) is 1. The molecule has 106 valence electrons. The van der Waals surface area contributed by atoms with Crippen molar-refractivity contribution in [2.75, 3.05) is 5.73 Å². The first-order chi connectivity index (χ1) is 10.1. The summed E-state index contributed by atoms with van der Waals surface area (Å²) in [4.78, 5) is 0. The van der Waals surface area contributed by atoms with Crippen molar-refractivity contribution < 1.29 is 4.52 Å². The SMILES string of the molecule is Cc1cccc(-c2noc(N)c2-c2ccc(Br)cc2)c1I. The van der Waals surface area contributed by atoms with E-state index in [0.717, 1.165) is 30.4 Å². The molecule has 2 N–H and O–H groups in total. The first kappa shape index (κ1) is 14.6. The molecule has 0 bridgehead atoms. The lowest BCUT2D eigenvalue weighted by Crippen LogP contribution is -1.91. The van der Waals surface area contributed by atoms with Gasteiger partial charge in [0.25, 0.3) is 0 Å². The van der Waals surface area contributed by atoms with Gasteiger partial charge in [-0.05, 0) is 52.8 Å². The lowest BCUT2D eigenvalue weighted by atomic mass is 10.00. The molecule has 0 atom stereocenters. The Labute approximate surface area is 144 Å². The minimum atomic E-state index is 0.338. The van der Waals surface area contributed by atoms with E-state index in [1.165, 1.54) is 5.56 Å². The second-order valence-corrected chi connectivity index (χ2v) is 6.71. The van der Waals surface area contributed by atoms with Gasteiger partial charge in [0.15, 0.2) is 0 Å². The second-order valence-electron chi connectivity index (χ2n) is 4.71. The minimum absolute atomic E-state index is 0.338. The molecule has 0 radical (unpaired) electrons. The Bertz CT molecular complexity index is 797. The average Bonchev–Trinajstić information content (AvgIpc) is 2.85. The van der Waals surface area contributed by atoms with Gasteiger partial charge in [0.1, 0.15) is 5.69 Å². The summed E-state index contributed by atoms with van der Waals surface area (Å²) in [6, 6.07) is 14.1. The number of aryl methyl sites for hydroxylation is 1. The number of hydrogen-bond acceptors (Lipinski definition) is 3. The van der Waals surface area contributed by atoms with Crippen molar-refractivity contribution in [3.63, 3.8) is 0 Å². The van der Waals surface area contributed by atoms with E-state index >= 15 is 0 Å². The number of hydrogen-bond donors (Lipinski definition) is 1. The zero-order chi connectivity index (χ0) is 15.0. The van der Waals surface area contributed by atoms with Gasteiger partial charge < -0.3 is 10.3 Å². The largest absolute Gasteiger partial charge is 0.367 e. The highest BCUT2D eigenvalue weighted by Gasteiger charge is 2.19. The van der Waals surface area contributed by atoms with Gasteiger partial charge in [-0.15, -0.1) is 0 Å². The van der Waals surface area contributed by atoms with Crippen molar-refractivity contribution in [3.8, 4) is 22.4 Å². The van der Waals surface area contributed by atoms with Gasteiger partial charge in [-0.25, -0.2) is 0 Å². The lowest BCUT2D eigenvalue weighted by Gasteiger charge is -2.07. The monoisotopic (exact) mass is 454 g/mol. The fourth-order valence-corrected chi connectivity index (χ4v) is 3.09. The summed E-state index contributed by atoms with van der Waals surface area (Å²) in [5, 5.41) is 4.17. The van der Waals surface area contributed by atoms with Crippen molar-refractivity contribution in [2.45, 2.75) is 6.92 Å². The molecule has 1 heterocycles. The van der Waals surface area contributed by atoms with E-state index in [4.69, 9.17) is 10.3 Å². The molecule has 0 unspecified atom stereocenters. The highest BCUT2D eigenvalue weighted by Crippen LogP contribution is 2.38.